The standard InChI is InChI=1S/C15H9N3O/c16-18-17-15(19)14-12-7-3-1-5-10(12)9-11-6-2-4-8-13(11)14/h1-9H. The Balaban J connectivity index is 2.53. The zero-order chi connectivity index (χ0) is 13.2. The van der Waals surface area contributed by atoms with Gasteiger partial charge in [0.2, 0.25) is 5.91 Å². The third kappa shape index (κ3) is 1.80. The van der Waals surface area contributed by atoms with Crippen LogP contribution in [0.25, 0.3) is 32.0 Å². The predicted molar refractivity (Wildman–Crippen MR) is 74.9 cm³/mol. The normalized spacial score (nSPS) is 10.3. The molecule has 0 aliphatic carbocycles. The molecule has 90 valence electrons. The molecule has 0 aliphatic heterocycles. The molecule has 0 fully saturated rings. The molecule has 1 amide bonds. The summed E-state index contributed by atoms with van der Waals surface area (Å²) in [6, 6.07) is 17.2. The van der Waals surface area contributed by atoms with Crippen molar-refractivity contribution in [3.8, 4) is 0 Å². The fraction of sp³-hybridized carbons (Fsp3) is 0. The van der Waals surface area contributed by atoms with Crippen molar-refractivity contribution in [2.45, 2.75) is 0 Å². The smallest absolute Gasteiger partial charge is 0.250 e. The summed E-state index contributed by atoms with van der Waals surface area (Å²) >= 11 is 0. The Morgan fingerprint density at radius 3 is 2.00 bits per heavy atom. The van der Waals surface area contributed by atoms with E-state index in [1.807, 2.05) is 54.6 Å². The Labute approximate surface area is 108 Å². The highest BCUT2D eigenvalue weighted by Crippen LogP contribution is 2.28. The van der Waals surface area contributed by atoms with Gasteiger partial charge in [-0.05, 0) is 38.3 Å². The van der Waals surface area contributed by atoms with E-state index < -0.39 is 5.91 Å². The van der Waals surface area contributed by atoms with Gasteiger partial charge in [-0.15, -0.1) is 0 Å². The Bertz CT molecular complexity index is 794. The van der Waals surface area contributed by atoms with E-state index in [-0.39, 0.29) is 0 Å². The summed E-state index contributed by atoms with van der Waals surface area (Å²) in [4.78, 5) is 14.7. The van der Waals surface area contributed by atoms with Crippen molar-refractivity contribution in [3.63, 3.8) is 0 Å². The third-order valence-electron chi connectivity index (χ3n) is 3.12. The summed E-state index contributed by atoms with van der Waals surface area (Å²) < 4.78 is 0. The monoisotopic (exact) mass is 247 g/mol. The molecule has 4 nitrogen and oxygen atoms in total. The molecule has 3 aromatic rings. The first-order valence-corrected chi connectivity index (χ1v) is 5.81. The molecule has 0 N–H and O–H groups in total. The molecule has 0 radical (unpaired) electrons. The van der Waals surface area contributed by atoms with Gasteiger partial charge in [0.05, 0.1) is 0 Å². The van der Waals surface area contributed by atoms with Crippen molar-refractivity contribution in [2.24, 2.45) is 5.11 Å². The lowest BCUT2D eigenvalue weighted by atomic mass is 9.96. The van der Waals surface area contributed by atoms with Crippen LogP contribution in [-0.2, 0) is 0 Å². The second-order valence-electron chi connectivity index (χ2n) is 4.19. The number of carbonyl (C=O) groups is 1. The topological polar surface area (TPSA) is 65.8 Å². The molecular formula is C15H9N3O. The van der Waals surface area contributed by atoms with E-state index in [4.69, 9.17) is 5.53 Å². The third-order valence-corrected chi connectivity index (χ3v) is 3.12. The van der Waals surface area contributed by atoms with Crippen LogP contribution in [0.4, 0.5) is 0 Å². The molecule has 0 saturated carbocycles. The minimum Gasteiger partial charge on any atom is -0.287 e. The molecule has 0 heterocycles. The van der Waals surface area contributed by atoms with E-state index in [0.29, 0.717) is 5.56 Å². The van der Waals surface area contributed by atoms with Crippen LogP contribution in [0, 0.1) is 0 Å². The Hall–Kier alpha value is -2.84. The van der Waals surface area contributed by atoms with Crippen molar-refractivity contribution in [1.82, 2.24) is 0 Å². The molecule has 0 aromatic heterocycles. The van der Waals surface area contributed by atoms with Crippen LogP contribution in [0.1, 0.15) is 10.4 Å². The SMILES string of the molecule is [N-]=[N+]=NC(=O)c1c2ccccc2cc2ccccc12. The lowest BCUT2D eigenvalue weighted by Crippen LogP contribution is -1.97. The Kier molecular flexibility index (Phi) is 2.63. The first kappa shape index (κ1) is 11.3. The first-order valence-electron chi connectivity index (χ1n) is 5.81. The molecule has 3 aromatic carbocycles. The molecule has 0 atom stereocenters. The molecule has 0 bridgehead atoms. The van der Waals surface area contributed by atoms with Gasteiger partial charge in [-0.2, -0.15) is 0 Å². The van der Waals surface area contributed by atoms with Gasteiger partial charge in [0.25, 0.3) is 0 Å². The quantitative estimate of drug-likeness (QED) is 0.271. The molecule has 0 spiro atoms. The van der Waals surface area contributed by atoms with Gasteiger partial charge in [0, 0.05) is 10.5 Å². The fourth-order valence-electron chi connectivity index (χ4n) is 2.33. The molecule has 0 aliphatic rings. The number of benzene rings is 3. The van der Waals surface area contributed by atoms with E-state index >= 15 is 0 Å². The average Bonchev–Trinajstić information content (AvgIpc) is 2.44. The summed E-state index contributed by atoms with van der Waals surface area (Å²) in [5.74, 6) is -0.546. The van der Waals surface area contributed by atoms with E-state index in [0.717, 1.165) is 21.5 Å². The number of azide groups is 1. The fourth-order valence-corrected chi connectivity index (χ4v) is 2.33. The van der Waals surface area contributed by atoms with Crippen LogP contribution >= 0.6 is 0 Å². The maximum Gasteiger partial charge on any atom is 0.250 e. The zero-order valence-electron chi connectivity index (χ0n) is 9.95. The van der Waals surface area contributed by atoms with Gasteiger partial charge in [0.15, 0.2) is 0 Å². The highest BCUT2D eigenvalue weighted by Gasteiger charge is 2.12. The van der Waals surface area contributed by atoms with Crippen LogP contribution in [0.3, 0.4) is 0 Å². The number of rotatable bonds is 1. The van der Waals surface area contributed by atoms with Gasteiger partial charge in [-0.25, -0.2) is 0 Å². The molecular weight excluding hydrogens is 238 g/mol. The first-order chi connectivity index (χ1) is 9.31. The van der Waals surface area contributed by atoms with Crippen molar-refractivity contribution in [3.05, 3.63) is 70.6 Å². The van der Waals surface area contributed by atoms with Crippen LogP contribution in [0.15, 0.2) is 59.7 Å². The molecule has 0 unspecified atom stereocenters. The maximum atomic E-state index is 12.1. The van der Waals surface area contributed by atoms with Gasteiger partial charge in [-0.3, -0.25) is 4.79 Å². The van der Waals surface area contributed by atoms with Crippen LogP contribution < -0.4 is 0 Å². The predicted octanol–water partition coefficient (Wildman–Crippen LogP) is 4.44. The van der Waals surface area contributed by atoms with Crippen LogP contribution in [0.5, 0.6) is 0 Å². The summed E-state index contributed by atoms with van der Waals surface area (Å²) in [5, 5.41) is 6.76. The van der Waals surface area contributed by atoms with Gasteiger partial charge in [-0.1, -0.05) is 48.5 Å². The van der Waals surface area contributed by atoms with E-state index in [1.54, 1.807) is 0 Å². The largest absolute Gasteiger partial charge is 0.287 e. The second kappa shape index (κ2) is 4.44. The number of nitrogens with zero attached hydrogens (tertiary/aromatic N) is 3. The Morgan fingerprint density at radius 1 is 0.947 bits per heavy atom. The maximum absolute atomic E-state index is 12.1. The van der Waals surface area contributed by atoms with E-state index in [2.05, 4.69) is 10.0 Å². The number of hydrogen-bond acceptors (Lipinski definition) is 1. The number of fused-ring (bicyclic) bond motifs is 2. The second-order valence-corrected chi connectivity index (χ2v) is 4.19. The van der Waals surface area contributed by atoms with Crippen LogP contribution in [0.2, 0.25) is 0 Å². The van der Waals surface area contributed by atoms with Crippen molar-refractivity contribution in [2.75, 3.05) is 0 Å². The highest BCUT2D eigenvalue weighted by molar-refractivity contribution is 6.18. The molecule has 19 heavy (non-hydrogen) atoms. The van der Waals surface area contributed by atoms with Crippen molar-refractivity contribution in [1.29, 1.82) is 0 Å². The van der Waals surface area contributed by atoms with Crippen molar-refractivity contribution >= 4 is 27.5 Å². The minimum absolute atomic E-state index is 0.464. The highest BCUT2D eigenvalue weighted by atomic mass is 16.1. The molecule has 3 rings (SSSR count). The average molecular weight is 247 g/mol. The Morgan fingerprint density at radius 2 is 1.47 bits per heavy atom. The van der Waals surface area contributed by atoms with E-state index in [1.165, 1.54) is 0 Å². The van der Waals surface area contributed by atoms with E-state index in [9.17, 15) is 4.79 Å². The van der Waals surface area contributed by atoms with Crippen molar-refractivity contribution < 1.29 is 4.79 Å². The number of hydrogen-bond donors (Lipinski definition) is 0. The zero-order valence-corrected chi connectivity index (χ0v) is 9.95. The molecule has 0 saturated heterocycles. The number of amides is 1. The summed E-state index contributed by atoms with van der Waals surface area (Å²) in [7, 11) is 0. The summed E-state index contributed by atoms with van der Waals surface area (Å²) in [6.07, 6.45) is 0. The van der Waals surface area contributed by atoms with Crippen LogP contribution in [-0.4, -0.2) is 5.91 Å². The van der Waals surface area contributed by atoms with Gasteiger partial charge >= 0.3 is 0 Å². The molecule has 4 heteroatoms. The lowest BCUT2D eigenvalue weighted by Gasteiger charge is -2.08. The summed E-state index contributed by atoms with van der Waals surface area (Å²) in [5.41, 5.74) is 8.94. The lowest BCUT2D eigenvalue weighted by molar-refractivity contribution is 0.100. The minimum atomic E-state index is -0.546. The number of carbonyl (C=O) groups excluding carboxylic acids is 1. The summed E-state index contributed by atoms with van der Waals surface area (Å²) in [6.45, 7) is 0. The van der Waals surface area contributed by atoms with Gasteiger partial charge < -0.3 is 0 Å². The van der Waals surface area contributed by atoms with Gasteiger partial charge in [0.1, 0.15) is 0 Å².